The van der Waals surface area contributed by atoms with Crippen LogP contribution in [0.2, 0.25) is 5.02 Å². The molecule has 0 spiro atoms. The molecule has 0 radical (unpaired) electrons. The first-order valence-corrected chi connectivity index (χ1v) is 6.82. The molecule has 0 unspecified atom stereocenters. The van der Waals surface area contributed by atoms with Gasteiger partial charge < -0.3 is 5.73 Å². The van der Waals surface area contributed by atoms with Crippen molar-refractivity contribution in [1.29, 1.82) is 5.26 Å². The first-order chi connectivity index (χ1) is 10.6. The number of nitriles is 1. The second-order valence-electron chi connectivity index (χ2n) is 4.66. The molecule has 0 bridgehead atoms. The van der Waals surface area contributed by atoms with E-state index in [0.717, 1.165) is 5.56 Å². The molecule has 7 heteroatoms. The number of nitrogens with zero attached hydrogens (tertiary/aromatic N) is 5. The van der Waals surface area contributed by atoms with Crippen molar-refractivity contribution in [2.45, 2.75) is 6.92 Å². The third-order valence-corrected chi connectivity index (χ3v) is 3.47. The van der Waals surface area contributed by atoms with E-state index in [1.165, 1.54) is 4.68 Å². The molecule has 22 heavy (non-hydrogen) atoms. The van der Waals surface area contributed by atoms with Gasteiger partial charge >= 0.3 is 0 Å². The van der Waals surface area contributed by atoms with Crippen LogP contribution < -0.4 is 5.73 Å². The number of rotatable bonds is 2. The van der Waals surface area contributed by atoms with Crippen LogP contribution in [-0.2, 0) is 0 Å². The van der Waals surface area contributed by atoms with Crippen LogP contribution in [0.4, 0.5) is 5.82 Å². The summed E-state index contributed by atoms with van der Waals surface area (Å²) in [5.41, 5.74) is 8.34. The van der Waals surface area contributed by atoms with E-state index in [1.54, 1.807) is 18.5 Å². The van der Waals surface area contributed by atoms with E-state index >= 15 is 0 Å². The lowest BCUT2D eigenvalue weighted by Crippen LogP contribution is -2.06. The maximum Gasteiger partial charge on any atom is 0.252 e. The zero-order chi connectivity index (χ0) is 15.7. The first-order valence-electron chi connectivity index (χ1n) is 6.44. The monoisotopic (exact) mass is 310 g/mol. The van der Waals surface area contributed by atoms with Crippen molar-refractivity contribution in [1.82, 2.24) is 19.7 Å². The zero-order valence-electron chi connectivity index (χ0n) is 11.7. The maximum absolute atomic E-state index is 9.40. The molecule has 6 nitrogen and oxygen atoms in total. The third kappa shape index (κ3) is 2.28. The van der Waals surface area contributed by atoms with E-state index in [4.69, 9.17) is 17.3 Å². The summed E-state index contributed by atoms with van der Waals surface area (Å²) in [6.07, 6.45) is 3.15. The highest BCUT2D eigenvalue weighted by Gasteiger charge is 2.20. The molecule has 0 fully saturated rings. The quantitative estimate of drug-likeness (QED) is 0.785. The molecule has 0 saturated heterocycles. The number of anilines is 1. The Morgan fingerprint density at radius 1 is 1.27 bits per heavy atom. The summed E-state index contributed by atoms with van der Waals surface area (Å²) < 4.78 is 1.34. The Morgan fingerprint density at radius 2 is 2.00 bits per heavy atom. The Kier molecular flexibility index (Phi) is 3.49. The molecule has 0 aliphatic heterocycles. The van der Waals surface area contributed by atoms with Crippen molar-refractivity contribution in [2.24, 2.45) is 0 Å². The first kappa shape index (κ1) is 14.0. The van der Waals surface area contributed by atoms with Crippen LogP contribution >= 0.6 is 11.6 Å². The Bertz CT molecular complexity index is 879. The average Bonchev–Trinajstić information content (AvgIpc) is 2.84. The Labute approximate surface area is 131 Å². The molecule has 2 aromatic heterocycles. The van der Waals surface area contributed by atoms with Crippen LogP contribution in [0.3, 0.4) is 0 Å². The summed E-state index contributed by atoms with van der Waals surface area (Å²) >= 11 is 6.27. The Morgan fingerprint density at radius 3 is 2.64 bits per heavy atom. The topological polar surface area (TPSA) is 93.4 Å². The van der Waals surface area contributed by atoms with Gasteiger partial charge in [-0.1, -0.05) is 23.7 Å². The normalized spacial score (nSPS) is 10.4. The van der Waals surface area contributed by atoms with Gasteiger partial charge in [0.25, 0.3) is 5.95 Å². The van der Waals surface area contributed by atoms with E-state index in [-0.39, 0.29) is 11.4 Å². The van der Waals surface area contributed by atoms with Crippen molar-refractivity contribution < 1.29 is 0 Å². The molecule has 3 rings (SSSR count). The minimum Gasteiger partial charge on any atom is -0.382 e. The van der Waals surface area contributed by atoms with E-state index in [1.807, 2.05) is 25.1 Å². The molecule has 108 valence electrons. The summed E-state index contributed by atoms with van der Waals surface area (Å²) in [5.74, 6) is 0.478. The van der Waals surface area contributed by atoms with Gasteiger partial charge in [0.2, 0.25) is 0 Å². The summed E-state index contributed by atoms with van der Waals surface area (Å²) in [5, 5.41) is 14.3. The standard InChI is InChI=1S/C15H11ClN6/c1-9-3-4-10(12(16)7-9)13-11(8-17)14(18)22(21-13)15-19-5-2-6-20-15/h2-7H,18H2,1H3. The van der Waals surface area contributed by atoms with Crippen LogP contribution in [0.1, 0.15) is 11.1 Å². The predicted octanol–water partition coefficient (Wildman–Crippen LogP) is 2.75. The fourth-order valence-electron chi connectivity index (χ4n) is 2.10. The van der Waals surface area contributed by atoms with E-state index in [0.29, 0.717) is 22.2 Å². The minimum atomic E-state index is 0.181. The van der Waals surface area contributed by atoms with Crippen LogP contribution in [-0.4, -0.2) is 19.7 Å². The number of hydrogen-bond donors (Lipinski definition) is 1. The summed E-state index contributed by atoms with van der Waals surface area (Å²) in [4.78, 5) is 8.19. The number of nitrogen functional groups attached to an aromatic ring is 1. The number of hydrogen-bond acceptors (Lipinski definition) is 5. The fourth-order valence-corrected chi connectivity index (χ4v) is 2.42. The molecule has 0 atom stereocenters. The summed E-state index contributed by atoms with van der Waals surface area (Å²) in [6, 6.07) is 9.29. The second-order valence-corrected chi connectivity index (χ2v) is 5.07. The van der Waals surface area contributed by atoms with Gasteiger partial charge in [-0.25, -0.2) is 9.97 Å². The van der Waals surface area contributed by atoms with E-state index < -0.39 is 0 Å². The number of benzene rings is 1. The Hall–Kier alpha value is -2.91. The number of halogens is 1. The van der Waals surface area contributed by atoms with Gasteiger partial charge in [-0.15, -0.1) is 0 Å². The highest BCUT2D eigenvalue weighted by molar-refractivity contribution is 6.33. The maximum atomic E-state index is 9.40. The molecule has 1 aromatic carbocycles. The zero-order valence-corrected chi connectivity index (χ0v) is 12.4. The van der Waals surface area contributed by atoms with Gasteiger partial charge in [-0.2, -0.15) is 15.0 Å². The average molecular weight is 311 g/mol. The van der Waals surface area contributed by atoms with Crippen LogP contribution in [0.5, 0.6) is 0 Å². The number of aromatic nitrogens is 4. The van der Waals surface area contributed by atoms with Crippen LogP contribution in [0.25, 0.3) is 17.2 Å². The van der Waals surface area contributed by atoms with E-state index in [2.05, 4.69) is 21.1 Å². The van der Waals surface area contributed by atoms with Gasteiger partial charge in [-0.05, 0) is 24.6 Å². The lowest BCUT2D eigenvalue weighted by Gasteiger charge is -2.02. The molecular formula is C15H11ClN6. The molecule has 3 aromatic rings. The highest BCUT2D eigenvalue weighted by Crippen LogP contribution is 2.33. The summed E-state index contributed by atoms with van der Waals surface area (Å²) in [6.45, 7) is 1.94. The van der Waals surface area contributed by atoms with Crippen molar-refractivity contribution in [2.75, 3.05) is 5.73 Å². The van der Waals surface area contributed by atoms with Gasteiger partial charge in [0.1, 0.15) is 23.1 Å². The van der Waals surface area contributed by atoms with Crippen molar-refractivity contribution in [3.05, 3.63) is 52.8 Å². The molecule has 0 amide bonds. The van der Waals surface area contributed by atoms with Crippen LogP contribution in [0.15, 0.2) is 36.7 Å². The molecule has 2 N–H and O–H groups in total. The minimum absolute atomic E-state index is 0.181. The molecule has 0 saturated carbocycles. The van der Waals surface area contributed by atoms with Gasteiger partial charge in [0, 0.05) is 18.0 Å². The smallest absolute Gasteiger partial charge is 0.252 e. The van der Waals surface area contributed by atoms with E-state index in [9.17, 15) is 5.26 Å². The SMILES string of the molecule is Cc1ccc(-c2nn(-c3ncccn3)c(N)c2C#N)c(Cl)c1. The largest absolute Gasteiger partial charge is 0.382 e. The third-order valence-electron chi connectivity index (χ3n) is 3.15. The molecular weight excluding hydrogens is 300 g/mol. The van der Waals surface area contributed by atoms with Crippen molar-refractivity contribution in [3.63, 3.8) is 0 Å². The molecule has 0 aliphatic rings. The fraction of sp³-hybridized carbons (Fsp3) is 0.0667. The predicted molar refractivity (Wildman–Crippen MR) is 83.5 cm³/mol. The second kappa shape index (κ2) is 5.47. The molecule has 2 heterocycles. The lowest BCUT2D eigenvalue weighted by molar-refractivity contribution is 0.820. The Balaban J connectivity index is 2.24. The number of aryl methyl sites for hydroxylation is 1. The van der Waals surface area contributed by atoms with Gasteiger partial charge in [0.05, 0.1) is 5.02 Å². The summed E-state index contributed by atoms with van der Waals surface area (Å²) in [7, 11) is 0. The van der Waals surface area contributed by atoms with Gasteiger partial charge in [-0.3, -0.25) is 0 Å². The van der Waals surface area contributed by atoms with Gasteiger partial charge in [0.15, 0.2) is 0 Å². The van der Waals surface area contributed by atoms with Crippen molar-refractivity contribution >= 4 is 17.4 Å². The van der Waals surface area contributed by atoms with Crippen molar-refractivity contribution in [3.8, 4) is 23.3 Å². The highest BCUT2D eigenvalue weighted by atomic mass is 35.5. The molecule has 0 aliphatic carbocycles. The van der Waals surface area contributed by atoms with Crippen LogP contribution in [0, 0.1) is 18.3 Å². The number of nitrogens with two attached hydrogens (primary N) is 1. The lowest BCUT2D eigenvalue weighted by atomic mass is 10.1.